The van der Waals surface area contributed by atoms with Crippen molar-refractivity contribution in [3.8, 4) is 0 Å². The lowest BCUT2D eigenvalue weighted by molar-refractivity contribution is -0.387. The number of aromatic nitrogens is 3. The maximum atomic E-state index is 12.8. The highest BCUT2D eigenvalue weighted by atomic mass is 32.2. The van der Waals surface area contributed by atoms with Gasteiger partial charge in [0, 0.05) is 31.8 Å². The second-order valence-electron chi connectivity index (χ2n) is 6.16. The zero-order valence-electron chi connectivity index (χ0n) is 14.6. The summed E-state index contributed by atoms with van der Waals surface area (Å²) in [4.78, 5) is 25.9. The number of nitro benzene ring substituents is 1. The van der Waals surface area contributed by atoms with Crippen molar-refractivity contribution in [2.75, 3.05) is 20.1 Å². The van der Waals surface area contributed by atoms with Crippen molar-refractivity contribution < 1.29 is 9.72 Å². The van der Waals surface area contributed by atoms with Gasteiger partial charge in [-0.25, -0.2) is 0 Å². The van der Waals surface area contributed by atoms with E-state index in [4.69, 9.17) is 0 Å². The van der Waals surface area contributed by atoms with Crippen molar-refractivity contribution in [1.29, 1.82) is 0 Å². The third-order valence-corrected chi connectivity index (χ3v) is 5.57. The number of benzene rings is 1. The fraction of sp³-hybridized carbons (Fsp3) is 0.438. The molecule has 1 aromatic carbocycles. The Bertz CT molecular complexity index is 818. The third kappa shape index (κ3) is 3.86. The number of aryl methyl sites for hydroxylation is 1. The van der Waals surface area contributed by atoms with Gasteiger partial charge in [-0.3, -0.25) is 14.9 Å². The average molecular weight is 376 g/mol. The maximum absolute atomic E-state index is 12.8. The van der Waals surface area contributed by atoms with E-state index in [1.807, 2.05) is 0 Å². The summed E-state index contributed by atoms with van der Waals surface area (Å²) in [7, 11) is 3.52. The lowest BCUT2D eigenvalue weighted by Gasteiger charge is -2.31. The smallest absolute Gasteiger partial charge is 0.284 e. The van der Waals surface area contributed by atoms with E-state index in [1.54, 1.807) is 35.7 Å². The van der Waals surface area contributed by atoms with Crippen LogP contribution >= 0.6 is 11.8 Å². The average Bonchev–Trinajstić information content (AvgIpc) is 3.06. The number of piperidine rings is 1. The molecular formula is C16H20N6O3S. The monoisotopic (exact) mass is 376 g/mol. The minimum absolute atomic E-state index is 0.109. The van der Waals surface area contributed by atoms with Gasteiger partial charge in [0.25, 0.3) is 11.6 Å². The number of nitro groups is 1. The Balaban J connectivity index is 1.84. The topological polar surface area (TPSA) is 106 Å². The fourth-order valence-electron chi connectivity index (χ4n) is 2.91. The van der Waals surface area contributed by atoms with Gasteiger partial charge in [0.05, 0.1) is 9.82 Å². The number of carbonyl (C=O) groups excluding carboxylic acids is 1. The van der Waals surface area contributed by atoms with Crippen LogP contribution in [-0.4, -0.2) is 56.7 Å². The van der Waals surface area contributed by atoms with Crippen LogP contribution in [-0.2, 0) is 7.05 Å². The summed E-state index contributed by atoms with van der Waals surface area (Å²) < 4.78 is 1.68. The first-order valence-electron chi connectivity index (χ1n) is 8.25. The number of amides is 1. The van der Waals surface area contributed by atoms with E-state index in [2.05, 4.69) is 15.5 Å². The molecule has 2 heterocycles. The molecule has 1 fully saturated rings. The summed E-state index contributed by atoms with van der Waals surface area (Å²) in [6.07, 6.45) is 3.29. The standard InChI is InChI=1S/C16H20N6O3S/c1-20-10-18-19-16(20)26-14-4-3-11(9-13(14)22(24)25)15(23)21(2)12-5-7-17-8-6-12/h3-4,9-10,12,17H,5-8H2,1-2H3. The van der Waals surface area contributed by atoms with Crippen LogP contribution in [0, 0.1) is 10.1 Å². The van der Waals surface area contributed by atoms with E-state index in [0.717, 1.165) is 37.7 Å². The van der Waals surface area contributed by atoms with Crippen LogP contribution in [0.4, 0.5) is 5.69 Å². The molecule has 0 unspecified atom stereocenters. The molecule has 1 aliphatic rings. The van der Waals surface area contributed by atoms with Gasteiger partial charge >= 0.3 is 0 Å². The minimum atomic E-state index is -0.472. The fourth-order valence-corrected chi connectivity index (χ4v) is 3.76. The van der Waals surface area contributed by atoms with Crippen LogP contribution in [0.3, 0.4) is 0 Å². The normalized spacial score (nSPS) is 15.0. The predicted molar refractivity (Wildman–Crippen MR) is 96.2 cm³/mol. The lowest BCUT2D eigenvalue weighted by atomic mass is 10.0. The molecule has 3 rings (SSSR count). The number of nitrogens with zero attached hydrogens (tertiary/aromatic N) is 5. The molecule has 0 aliphatic carbocycles. The molecule has 138 valence electrons. The predicted octanol–water partition coefficient (Wildman–Crippen LogP) is 1.70. The summed E-state index contributed by atoms with van der Waals surface area (Å²) in [5.41, 5.74) is 0.211. The van der Waals surface area contributed by atoms with Crippen molar-refractivity contribution in [2.45, 2.75) is 28.9 Å². The Morgan fingerprint density at radius 3 is 2.77 bits per heavy atom. The minimum Gasteiger partial charge on any atom is -0.339 e. The van der Waals surface area contributed by atoms with Crippen molar-refractivity contribution in [1.82, 2.24) is 25.0 Å². The van der Waals surface area contributed by atoms with Crippen LogP contribution < -0.4 is 5.32 Å². The number of rotatable bonds is 5. The number of carbonyl (C=O) groups is 1. The van der Waals surface area contributed by atoms with Gasteiger partial charge in [0.2, 0.25) is 0 Å². The Morgan fingerprint density at radius 2 is 2.15 bits per heavy atom. The Morgan fingerprint density at radius 1 is 1.42 bits per heavy atom. The molecule has 0 radical (unpaired) electrons. The molecule has 1 saturated heterocycles. The molecule has 0 saturated carbocycles. The first-order valence-corrected chi connectivity index (χ1v) is 9.07. The van der Waals surface area contributed by atoms with E-state index in [1.165, 1.54) is 12.4 Å². The van der Waals surface area contributed by atoms with E-state index in [-0.39, 0.29) is 17.6 Å². The van der Waals surface area contributed by atoms with Crippen LogP contribution in [0.15, 0.2) is 34.6 Å². The first-order chi connectivity index (χ1) is 12.5. The van der Waals surface area contributed by atoms with E-state index in [9.17, 15) is 14.9 Å². The van der Waals surface area contributed by atoms with Crippen molar-refractivity contribution in [3.63, 3.8) is 0 Å². The summed E-state index contributed by atoms with van der Waals surface area (Å²) >= 11 is 1.15. The molecule has 0 spiro atoms. The Kier molecular flexibility index (Phi) is 5.52. The highest BCUT2D eigenvalue weighted by Gasteiger charge is 2.25. The summed E-state index contributed by atoms with van der Waals surface area (Å²) in [5.74, 6) is -0.199. The van der Waals surface area contributed by atoms with E-state index in [0.29, 0.717) is 15.6 Å². The summed E-state index contributed by atoms with van der Waals surface area (Å²) in [6, 6.07) is 4.72. The molecule has 0 atom stereocenters. The van der Waals surface area contributed by atoms with Crippen LogP contribution in [0.5, 0.6) is 0 Å². The van der Waals surface area contributed by atoms with Gasteiger partial charge in [-0.2, -0.15) is 0 Å². The zero-order chi connectivity index (χ0) is 18.7. The Hall–Kier alpha value is -2.46. The largest absolute Gasteiger partial charge is 0.339 e. The molecule has 1 N–H and O–H groups in total. The molecule has 2 aromatic rings. The molecule has 0 bridgehead atoms. The SMILES string of the molecule is CN(C(=O)c1ccc(Sc2nncn2C)c([N+](=O)[O-])c1)C1CCNCC1. The third-order valence-electron chi connectivity index (χ3n) is 4.45. The lowest BCUT2D eigenvalue weighted by Crippen LogP contribution is -2.43. The zero-order valence-corrected chi connectivity index (χ0v) is 15.4. The van der Waals surface area contributed by atoms with E-state index < -0.39 is 4.92 Å². The van der Waals surface area contributed by atoms with Crippen molar-refractivity contribution >= 4 is 23.4 Å². The maximum Gasteiger partial charge on any atom is 0.284 e. The van der Waals surface area contributed by atoms with Crippen LogP contribution in [0.1, 0.15) is 23.2 Å². The molecular weight excluding hydrogens is 356 g/mol. The van der Waals surface area contributed by atoms with E-state index >= 15 is 0 Å². The van der Waals surface area contributed by atoms with Gasteiger partial charge in [0.15, 0.2) is 5.16 Å². The molecule has 1 aromatic heterocycles. The summed E-state index contributed by atoms with van der Waals surface area (Å²) in [5, 5.41) is 23.0. The van der Waals surface area contributed by atoms with Gasteiger partial charge in [0.1, 0.15) is 6.33 Å². The molecule has 1 amide bonds. The molecule has 26 heavy (non-hydrogen) atoms. The van der Waals surface area contributed by atoms with Crippen LogP contribution in [0.25, 0.3) is 0 Å². The highest BCUT2D eigenvalue weighted by molar-refractivity contribution is 7.99. The van der Waals surface area contributed by atoms with Crippen molar-refractivity contribution in [2.24, 2.45) is 7.05 Å². The molecule has 10 heteroatoms. The highest BCUT2D eigenvalue weighted by Crippen LogP contribution is 2.34. The molecule has 9 nitrogen and oxygen atoms in total. The van der Waals surface area contributed by atoms with Crippen molar-refractivity contribution in [3.05, 3.63) is 40.2 Å². The quantitative estimate of drug-likeness (QED) is 0.625. The Labute approximate surface area is 154 Å². The van der Waals surface area contributed by atoms with Crippen LogP contribution in [0.2, 0.25) is 0 Å². The number of nitrogens with one attached hydrogen (secondary N) is 1. The van der Waals surface area contributed by atoms with Gasteiger partial charge in [-0.1, -0.05) is 0 Å². The van der Waals surface area contributed by atoms with Gasteiger partial charge < -0.3 is 14.8 Å². The van der Waals surface area contributed by atoms with Gasteiger partial charge in [-0.15, -0.1) is 10.2 Å². The van der Waals surface area contributed by atoms with Gasteiger partial charge in [-0.05, 0) is 49.8 Å². The number of hydrogen-bond donors (Lipinski definition) is 1. The first kappa shape index (κ1) is 18.3. The second kappa shape index (κ2) is 7.83. The number of hydrogen-bond acceptors (Lipinski definition) is 7. The second-order valence-corrected chi connectivity index (χ2v) is 7.17. The molecule has 1 aliphatic heterocycles. The summed E-state index contributed by atoms with van der Waals surface area (Å²) in [6.45, 7) is 1.74.